The number of piperidine rings is 1. The summed E-state index contributed by atoms with van der Waals surface area (Å²) < 4.78 is 0. The molecular weight excluding hydrogens is 464 g/mol. The van der Waals surface area contributed by atoms with Crippen LogP contribution in [0.25, 0.3) is 11.1 Å². The molecule has 190 valence electrons. The minimum Gasteiger partial charge on any atom is -0.369 e. The Balaban J connectivity index is 1.21. The molecule has 0 radical (unpaired) electrons. The van der Waals surface area contributed by atoms with Crippen LogP contribution in [0.3, 0.4) is 0 Å². The van der Waals surface area contributed by atoms with Crippen molar-refractivity contribution in [2.75, 3.05) is 13.1 Å². The number of amides is 4. The highest BCUT2D eigenvalue weighted by Crippen LogP contribution is 2.27. The normalized spacial score (nSPS) is 20.5. The SMILES string of the molecule is NC(=O)C1CCCN(Cc2cccc(CN3C(=O)CC(c4ccc(-c5ccccc5)cc4)NC3=O)c2)C1. The van der Waals surface area contributed by atoms with Gasteiger partial charge in [-0.2, -0.15) is 0 Å². The molecular formula is C30H32N4O3. The Hall–Kier alpha value is -3.97. The van der Waals surface area contributed by atoms with Crippen molar-refractivity contribution >= 4 is 17.8 Å². The van der Waals surface area contributed by atoms with Crippen molar-refractivity contribution in [2.24, 2.45) is 11.7 Å². The van der Waals surface area contributed by atoms with Crippen LogP contribution in [0.4, 0.5) is 4.79 Å². The van der Waals surface area contributed by atoms with E-state index in [4.69, 9.17) is 5.73 Å². The number of imide groups is 1. The first-order valence-corrected chi connectivity index (χ1v) is 12.8. The van der Waals surface area contributed by atoms with Crippen molar-refractivity contribution in [3.63, 3.8) is 0 Å². The number of rotatable bonds is 7. The van der Waals surface area contributed by atoms with Gasteiger partial charge in [0.2, 0.25) is 11.8 Å². The van der Waals surface area contributed by atoms with Crippen LogP contribution in [-0.4, -0.2) is 40.7 Å². The van der Waals surface area contributed by atoms with Crippen LogP contribution in [-0.2, 0) is 22.7 Å². The Morgan fingerprint density at radius 3 is 2.30 bits per heavy atom. The summed E-state index contributed by atoms with van der Waals surface area (Å²) >= 11 is 0. The minimum atomic E-state index is -0.376. The van der Waals surface area contributed by atoms with Crippen LogP contribution in [0.1, 0.15) is 42.0 Å². The molecule has 0 spiro atoms. The van der Waals surface area contributed by atoms with Crippen molar-refractivity contribution in [2.45, 2.75) is 38.4 Å². The summed E-state index contributed by atoms with van der Waals surface area (Å²) in [6.07, 6.45) is 2.01. The molecule has 2 atom stereocenters. The maximum Gasteiger partial charge on any atom is 0.324 e. The number of hydrogen-bond acceptors (Lipinski definition) is 4. The Labute approximate surface area is 217 Å². The first-order chi connectivity index (χ1) is 18.0. The topological polar surface area (TPSA) is 95.7 Å². The molecule has 0 aromatic heterocycles. The molecule has 2 unspecified atom stereocenters. The van der Waals surface area contributed by atoms with E-state index in [0.29, 0.717) is 13.1 Å². The molecule has 2 aliphatic heterocycles. The number of carbonyl (C=O) groups excluding carboxylic acids is 3. The third kappa shape index (κ3) is 5.89. The summed E-state index contributed by atoms with van der Waals surface area (Å²) in [5.74, 6) is -0.528. The van der Waals surface area contributed by atoms with E-state index < -0.39 is 0 Å². The number of nitrogens with two attached hydrogens (primary N) is 1. The van der Waals surface area contributed by atoms with Gasteiger partial charge < -0.3 is 11.1 Å². The monoisotopic (exact) mass is 496 g/mol. The highest BCUT2D eigenvalue weighted by atomic mass is 16.2. The molecule has 7 heteroatoms. The van der Waals surface area contributed by atoms with Gasteiger partial charge in [0.25, 0.3) is 0 Å². The van der Waals surface area contributed by atoms with Gasteiger partial charge in [-0.1, -0.05) is 78.9 Å². The first kappa shape index (κ1) is 24.7. The van der Waals surface area contributed by atoms with Crippen molar-refractivity contribution in [3.05, 3.63) is 95.6 Å². The number of primary amides is 1. The van der Waals surface area contributed by atoms with Crippen molar-refractivity contribution in [1.29, 1.82) is 0 Å². The van der Waals surface area contributed by atoms with Crippen LogP contribution >= 0.6 is 0 Å². The van der Waals surface area contributed by atoms with E-state index in [1.807, 2.05) is 66.7 Å². The Kier molecular flexibility index (Phi) is 7.32. The summed E-state index contributed by atoms with van der Waals surface area (Å²) in [5, 5.41) is 3.00. The average molecular weight is 497 g/mol. The molecule has 2 fully saturated rings. The second kappa shape index (κ2) is 11.0. The molecule has 4 amide bonds. The maximum atomic E-state index is 13.0. The molecule has 3 aromatic carbocycles. The Bertz CT molecular complexity index is 1260. The van der Waals surface area contributed by atoms with Gasteiger partial charge in [0.05, 0.1) is 24.9 Å². The summed E-state index contributed by atoms with van der Waals surface area (Å²) in [4.78, 5) is 41.0. The Morgan fingerprint density at radius 2 is 1.59 bits per heavy atom. The number of likely N-dealkylation sites (tertiary alicyclic amines) is 1. The summed E-state index contributed by atoms with van der Waals surface area (Å²) in [6.45, 7) is 2.52. The summed E-state index contributed by atoms with van der Waals surface area (Å²) in [6, 6.07) is 25.3. The van der Waals surface area contributed by atoms with Crippen LogP contribution < -0.4 is 11.1 Å². The lowest BCUT2D eigenvalue weighted by Crippen LogP contribution is -2.50. The van der Waals surface area contributed by atoms with Crippen LogP contribution in [0.15, 0.2) is 78.9 Å². The second-order valence-corrected chi connectivity index (χ2v) is 9.97. The zero-order valence-electron chi connectivity index (χ0n) is 20.8. The summed E-state index contributed by atoms with van der Waals surface area (Å²) in [7, 11) is 0. The average Bonchev–Trinajstić information content (AvgIpc) is 2.91. The lowest BCUT2D eigenvalue weighted by molar-refractivity contribution is -0.130. The zero-order chi connectivity index (χ0) is 25.8. The molecule has 0 bridgehead atoms. The van der Waals surface area contributed by atoms with E-state index in [1.165, 1.54) is 4.90 Å². The predicted molar refractivity (Wildman–Crippen MR) is 142 cm³/mol. The fraction of sp³-hybridized carbons (Fsp3) is 0.300. The van der Waals surface area contributed by atoms with Crippen LogP contribution in [0.2, 0.25) is 0 Å². The number of carbonyl (C=O) groups is 3. The lowest BCUT2D eigenvalue weighted by Gasteiger charge is -2.32. The van der Waals surface area contributed by atoms with Gasteiger partial charge in [0, 0.05) is 13.1 Å². The molecule has 7 nitrogen and oxygen atoms in total. The third-order valence-electron chi connectivity index (χ3n) is 7.29. The van der Waals surface area contributed by atoms with E-state index in [0.717, 1.165) is 47.2 Å². The molecule has 0 aliphatic carbocycles. The van der Waals surface area contributed by atoms with Gasteiger partial charge in [-0.05, 0) is 47.2 Å². The van der Waals surface area contributed by atoms with E-state index in [1.54, 1.807) is 0 Å². The van der Waals surface area contributed by atoms with Gasteiger partial charge in [0.1, 0.15) is 0 Å². The smallest absolute Gasteiger partial charge is 0.324 e. The lowest BCUT2D eigenvalue weighted by atomic mass is 9.97. The van der Waals surface area contributed by atoms with E-state index in [9.17, 15) is 14.4 Å². The fourth-order valence-electron chi connectivity index (χ4n) is 5.27. The van der Waals surface area contributed by atoms with Gasteiger partial charge >= 0.3 is 6.03 Å². The zero-order valence-corrected chi connectivity index (χ0v) is 20.8. The fourth-order valence-corrected chi connectivity index (χ4v) is 5.27. The second-order valence-electron chi connectivity index (χ2n) is 9.97. The Morgan fingerprint density at radius 1 is 0.892 bits per heavy atom. The quantitative estimate of drug-likeness (QED) is 0.512. The van der Waals surface area contributed by atoms with Crippen LogP contribution in [0, 0.1) is 5.92 Å². The van der Waals surface area contributed by atoms with Gasteiger partial charge in [-0.25, -0.2) is 4.79 Å². The van der Waals surface area contributed by atoms with Crippen molar-refractivity contribution in [1.82, 2.24) is 15.1 Å². The summed E-state index contributed by atoms with van der Waals surface area (Å²) in [5.41, 5.74) is 10.6. The number of nitrogens with one attached hydrogen (secondary N) is 1. The highest BCUT2D eigenvalue weighted by Gasteiger charge is 2.33. The van der Waals surface area contributed by atoms with E-state index in [2.05, 4.69) is 22.3 Å². The molecule has 2 saturated heterocycles. The van der Waals surface area contributed by atoms with E-state index in [-0.39, 0.29) is 42.8 Å². The molecule has 5 rings (SSSR count). The molecule has 3 aromatic rings. The number of urea groups is 1. The molecule has 3 N–H and O–H groups in total. The predicted octanol–water partition coefficient (Wildman–Crippen LogP) is 4.23. The van der Waals surface area contributed by atoms with Crippen LogP contribution in [0.5, 0.6) is 0 Å². The van der Waals surface area contributed by atoms with Gasteiger partial charge in [-0.15, -0.1) is 0 Å². The largest absolute Gasteiger partial charge is 0.369 e. The maximum absolute atomic E-state index is 13.0. The third-order valence-corrected chi connectivity index (χ3v) is 7.29. The van der Waals surface area contributed by atoms with Crippen molar-refractivity contribution < 1.29 is 14.4 Å². The van der Waals surface area contributed by atoms with Crippen molar-refractivity contribution in [3.8, 4) is 11.1 Å². The van der Waals surface area contributed by atoms with Gasteiger partial charge in [-0.3, -0.25) is 19.4 Å². The number of benzene rings is 3. The first-order valence-electron chi connectivity index (χ1n) is 12.8. The number of hydrogen-bond donors (Lipinski definition) is 2. The standard InChI is InChI=1S/C30H32N4O3/c31-29(36)26-10-5-15-33(20-26)18-21-6-4-7-22(16-21)19-34-28(35)17-27(32-30(34)37)25-13-11-24(12-14-25)23-8-2-1-3-9-23/h1-4,6-9,11-14,16,26-27H,5,10,15,17-20H2,(H2,31,36)(H,32,37). The molecule has 2 aliphatic rings. The van der Waals surface area contributed by atoms with E-state index >= 15 is 0 Å². The molecule has 0 saturated carbocycles. The molecule has 37 heavy (non-hydrogen) atoms. The number of nitrogens with zero attached hydrogens (tertiary/aromatic N) is 2. The minimum absolute atomic E-state index is 0.103. The van der Waals surface area contributed by atoms with Gasteiger partial charge in [0.15, 0.2) is 0 Å². The molecule has 2 heterocycles. The highest BCUT2D eigenvalue weighted by molar-refractivity contribution is 5.97.